The van der Waals surface area contributed by atoms with E-state index in [0.717, 1.165) is 6.54 Å². The Morgan fingerprint density at radius 1 is 1.15 bits per heavy atom. The summed E-state index contributed by atoms with van der Waals surface area (Å²) in [5, 5.41) is 3.41. The van der Waals surface area contributed by atoms with E-state index < -0.39 is 0 Å². The van der Waals surface area contributed by atoms with E-state index in [9.17, 15) is 0 Å². The predicted octanol–water partition coefficient (Wildman–Crippen LogP) is 3.13. The summed E-state index contributed by atoms with van der Waals surface area (Å²) in [7, 11) is 0. The van der Waals surface area contributed by atoms with E-state index in [2.05, 4.69) is 44.3 Å². The quantitative estimate of drug-likeness (QED) is 0.635. The van der Waals surface area contributed by atoms with E-state index in [1.165, 1.54) is 28.0 Å². The molecule has 0 fully saturated rings. The minimum absolute atomic E-state index is 0.961. The first kappa shape index (κ1) is 8.36. The molecule has 1 heteroatoms. The van der Waals surface area contributed by atoms with Crippen LogP contribution in [0.15, 0.2) is 18.2 Å². The Morgan fingerprint density at radius 2 is 1.92 bits per heavy atom. The number of rotatable bonds is 0. The molecule has 1 aromatic carbocycles. The Kier molecular flexibility index (Phi) is 1.87. The molecule has 68 valence electrons. The summed E-state index contributed by atoms with van der Waals surface area (Å²) in [5.74, 6) is 0. The maximum absolute atomic E-state index is 3.41. The molecule has 0 atom stereocenters. The van der Waals surface area contributed by atoms with Crippen molar-refractivity contribution in [2.45, 2.75) is 20.8 Å². The van der Waals surface area contributed by atoms with Gasteiger partial charge >= 0.3 is 0 Å². The van der Waals surface area contributed by atoms with Crippen LogP contribution in [0.25, 0.3) is 5.57 Å². The molecule has 0 aliphatic carbocycles. The lowest BCUT2D eigenvalue weighted by Crippen LogP contribution is -2.08. The topological polar surface area (TPSA) is 12.0 Å². The Bertz CT molecular complexity index is 375. The lowest BCUT2D eigenvalue weighted by atomic mass is 9.96. The van der Waals surface area contributed by atoms with Gasteiger partial charge in [0.15, 0.2) is 0 Å². The van der Waals surface area contributed by atoms with Crippen molar-refractivity contribution in [3.8, 4) is 0 Å². The molecule has 1 nitrogen and oxygen atoms in total. The second-order valence-corrected chi connectivity index (χ2v) is 3.77. The van der Waals surface area contributed by atoms with Crippen LogP contribution in [-0.2, 0) is 0 Å². The zero-order valence-corrected chi connectivity index (χ0v) is 8.44. The molecule has 0 spiro atoms. The minimum Gasteiger partial charge on any atom is -0.381 e. The third-order valence-electron chi connectivity index (χ3n) is 2.59. The number of benzene rings is 1. The van der Waals surface area contributed by atoms with Crippen molar-refractivity contribution in [3.05, 3.63) is 34.9 Å². The van der Waals surface area contributed by atoms with Gasteiger partial charge in [0.25, 0.3) is 0 Å². The normalized spacial score (nSPS) is 14.5. The fourth-order valence-corrected chi connectivity index (χ4v) is 1.93. The number of hydrogen-bond acceptors (Lipinski definition) is 1. The molecule has 1 aliphatic rings. The summed E-state index contributed by atoms with van der Waals surface area (Å²) in [5.41, 5.74) is 6.75. The molecule has 0 bridgehead atoms. The zero-order valence-electron chi connectivity index (χ0n) is 8.44. The zero-order chi connectivity index (χ0) is 9.42. The summed E-state index contributed by atoms with van der Waals surface area (Å²) >= 11 is 0. The van der Waals surface area contributed by atoms with Crippen LogP contribution in [0.4, 0.5) is 5.69 Å². The van der Waals surface area contributed by atoms with Crippen molar-refractivity contribution >= 4 is 11.3 Å². The molecule has 0 saturated heterocycles. The molecule has 0 aromatic heterocycles. The molecule has 1 aromatic rings. The van der Waals surface area contributed by atoms with Gasteiger partial charge in [0.1, 0.15) is 0 Å². The van der Waals surface area contributed by atoms with Crippen LogP contribution in [0, 0.1) is 13.8 Å². The fourth-order valence-electron chi connectivity index (χ4n) is 1.93. The molecule has 1 N–H and O–H groups in total. The Balaban J connectivity index is 2.66. The monoisotopic (exact) mass is 173 g/mol. The average Bonchev–Trinajstić information content (AvgIpc) is 2.07. The fraction of sp³-hybridized carbons (Fsp3) is 0.333. The highest BCUT2D eigenvalue weighted by Crippen LogP contribution is 2.30. The van der Waals surface area contributed by atoms with Crippen LogP contribution in [-0.4, -0.2) is 6.54 Å². The Hall–Kier alpha value is -1.24. The Morgan fingerprint density at radius 3 is 2.69 bits per heavy atom. The van der Waals surface area contributed by atoms with Crippen molar-refractivity contribution < 1.29 is 0 Å². The first-order valence-electron chi connectivity index (χ1n) is 4.71. The van der Waals surface area contributed by atoms with Crippen molar-refractivity contribution in [3.63, 3.8) is 0 Å². The van der Waals surface area contributed by atoms with Gasteiger partial charge in [0.05, 0.1) is 0 Å². The number of allylic oxidation sites excluding steroid dienone is 1. The first-order chi connectivity index (χ1) is 6.18. The largest absolute Gasteiger partial charge is 0.381 e. The van der Waals surface area contributed by atoms with E-state index in [0.29, 0.717) is 0 Å². The highest BCUT2D eigenvalue weighted by Gasteiger charge is 2.10. The summed E-state index contributed by atoms with van der Waals surface area (Å²) in [6.45, 7) is 7.45. The molecular weight excluding hydrogens is 158 g/mol. The third kappa shape index (κ3) is 1.35. The van der Waals surface area contributed by atoms with Crippen LogP contribution in [0.1, 0.15) is 23.6 Å². The molecule has 13 heavy (non-hydrogen) atoms. The molecule has 0 amide bonds. The van der Waals surface area contributed by atoms with Gasteiger partial charge in [-0.1, -0.05) is 17.7 Å². The molecule has 0 radical (unpaired) electrons. The van der Waals surface area contributed by atoms with Gasteiger partial charge in [0, 0.05) is 17.8 Å². The van der Waals surface area contributed by atoms with Crippen molar-refractivity contribution in [1.82, 2.24) is 0 Å². The predicted molar refractivity (Wildman–Crippen MR) is 58.1 cm³/mol. The summed E-state index contributed by atoms with van der Waals surface area (Å²) in [6.07, 6.45) is 2.24. The Labute approximate surface area is 79.5 Å². The van der Waals surface area contributed by atoms with Gasteiger partial charge in [-0.25, -0.2) is 0 Å². The second kappa shape index (κ2) is 2.91. The van der Waals surface area contributed by atoms with Gasteiger partial charge in [-0.15, -0.1) is 0 Å². The van der Waals surface area contributed by atoms with E-state index >= 15 is 0 Å². The molecule has 1 heterocycles. The first-order valence-corrected chi connectivity index (χ1v) is 4.71. The number of anilines is 1. The molecule has 0 saturated carbocycles. The lowest BCUT2D eigenvalue weighted by Gasteiger charge is -2.20. The van der Waals surface area contributed by atoms with Crippen LogP contribution in [0.3, 0.4) is 0 Å². The minimum atomic E-state index is 0.961. The van der Waals surface area contributed by atoms with Gasteiger partial charge in [-0.05, 0) is 38.0 Å². The lowest BCUT2D eigenvalue weighted by molar-refractivity contribution is 1.24. The van der Waals surface area contributed by atoms with Crippen LogP contribution in [0.5, 0.6) is 0 Å². The smallest absolute Gasteiger partial charge is 0.0448 e. The van der Waals surface area contributed by atoms with E-state index in [1.807, 2.05) is 0 Å². The summed E-state index contributed by atoms with van der Waals surface area (Å²) < 4.78 is 0. The van der Waals surface area contributed by atoms with E-state index in [-0.39, 0.29) is 0 Å². The van der Waals surface area contributed by atoms with Gasteiger partial charge in [0.2, 0.25) is 0 Å². The average molecular weight is 173 g/mol. The molecule has 1 aliphatic heterocycles. The van der Waals surface area contributed by atoms with E-state index in [4.69, 9.17) is 0 Å². The van der Waals surface area contributed by atoms with Gasteiger partial charge < -0.3 is 5.32 Å². The van der Waals surface area contributed by atoms with Crippen molar-refractivity contribution in [2.24, 2.45) is 0 Å². The van der Waals surface area contributed by atoms with Crippen molar-refractivity contribution in [1.29, 1.82) is 0 Å². The van der Waals surface area contributed by atoms with E-state index in [1.54, 1.807) is 0 Å². The molecular formula is C12H15N. The number of aryl methyl sites for hydroxylation is 2. The van der Waals surface area contributed by atoms with Gasteiger partial charge in [-0.2, -0.15) is 0 Å². The number of fused-ring (bicyclic) bond motifs is 1. The maximum Gasteiger partial charge on any atom is 0.0448 e. The highest BCUT2D eigenvalue weighted by molar-refractivity contribution is 5.80. The standard InChI is InChI=1S/C12H15N/c1-8-6-10(3)12-11(7-8)9(2)4-5-13-12/h4,6-7,13H,5H2,1-3H3. The SMILES string of the molecule is CC1=CCNc2c(C)cc(C)cc21. The molecule has 2 rings (SSSR count). The van der Waals surface area contributed by atoms with Crippen LogP contribution >= 0.6 is 0 Å². The van der Waals surface area contributed by atoms with Crippen LogP contribution < -0.4 is 5.32 Å². The summed E-state index contributed by atoms with van der Waals surface area (Å²) in [6, 6.07) is 4.48. The maximum atomic E-state index is 3.41. The number of hydrogen-bond donors (Lipinski definition) is 1. The van der Waals surface area contributed by atoms with Crippen LogP contribution in [0.2, 0.25) is 0 Å². The highest BCUT2D eigenvalue weighted by atomic mass is 14.9. The van der Waals surface area contributed by atoms with Gasteiger partial charge in [-0.3, -0.25) is 0 Å². The second-order valence-electron chi connectivity index (χ2n) is 3.77. The van der Waals surface area contributed by atoms with Crippen molar-refractivity contribution in [2.75, 3.05) is 11.9 Å². The molecule has 0 unspecified atom stereocenters. The third-order valence-corrected chi connectivity index (χ3v) is 2.59. The number of nitrogens with one attached hydrogen (secondary N) is 1. The summed E-state index contributed by atoms with van der Waals surface area (Å²) in [4.78, 5) is 0.